The maximum absolute atomic E-state index is 12.9. The summed E-state index contributed by atoms with van der Waals surface area (Å²) in [5, 5.41) is 5.29. The van der Waals surface area contributed by atoms with Gasteiger partial charge in [0.25, 0.3) is 5.91 Å². The molecule has 1 aliphatic rings. The molecule has 2 N–H and O–H groups in total. The molecule has 2 aromatic rings. The fourth-order valence-corrected chi connectivity index (χ4v) is 2.91. The molecule has 140 valence electrons. The van der Waals surface area contributed by atoms with Crippen molar-refractivity contribution in [2.75, 3.05) is 13.1 Å². The number of carbonyl (C=O) groups excluding carboxylic acids is 3. The van der Waals surface area contributed by atoms with Crippen LogP contribution in [0.15, 0.2) is 54.6 Å². The Morgan fingerprint density at radius 1 is 1.04 bits per heavy atom. The van der Waals surface area contributed by atoms with E-state index in [4.69, 9.17) is 0 Å². The average Bonchev–Trinajstić information content (AvgIpc) is 2.92. The summed E-state index contributed by atoms with van der Waals surface area (Å²) in [6, 6.07) is 14.2. The summed E-state index contributed by atoms with van der Waals surface area (Å²) >= 11 is 0. The molecule has 6 nitrogen and oxygen atoms in total. The number of nitrogens with one attached hydrogen (secondary N) is 2. The monoisotopic (exact) mass is 369 g/mol. The minimum absolute atomic E-state index is 0.314. The van der Waals surface area contributed by atoms with Gasteiger partial charge in [0.2, 0.25) is 5.91 Å². The van der Waals surface area contributed by atoms with Gasteiger partial charge in [-0.3, -0.25) is 14.5 Å². The molecule has 1 unspecified atom stereocenters. The van der Waals surface area contributed by atoms with Gasteiger partial charge in [-0.1, -0.05) is 42.5 Å². The molecular formula is C20H20FN3O3. The highest BCUT2D eigenvalue weighted by atomic mass is 19.1. The average molecular weight is 369 g/mol. The zero-order valence-electron chi connectivity index (χ0n) is 14.7. The third-order valence-electron chi connectivity index (χ3n) is 4.34. The maximum Gasteiger partial charge on any atom is 0.325 e. The predicted octanol–water partition coefficient (Wildman–Crippen LogP) is 1.65. The lowest BCUT2D eigenvalue weighted by Crippen LogP contribution is -2.41. The fourth-order valence-electron chi connectivity index (χ4n) is 2.91. The molecule has 0 bridgehead atoms. The Labute approximate surface area is 156 Å². The van der Waals surface area contributed by atoms with E-state index >= 15 is 0 Å². The Balaban J connectivity index is 1.47. The van der Waals surface area contributed by atoms with Crippen LogP contribution in [0.25, 0.3) is 0 Å². The van der Waals surface area contributed by atoms with Crippen molar-refractivity contribution in [3.05, 3.63) is 71.5 Å². The van der Waals surface area contributed by atoms with E-state index in [0.29, 0.717) is 19.4 Å². The van der Waals surface area contributed by atoms with Crippen molar-refractivity contribution in [3.63, 3.8) is 0 Å². The van der Waals surface area contributed by atoms with Crippen molar-refractivity contribution in [1.29, 1.82) is 0 Å². The number of hydrogen-bond donors (Lipinski definition) is 2. The first kappa shape index (κ1) is 18.6. The van der Waals surface area contributed by atoms with Crippen molar-refractivity contribution < 1.29 is 18.8 Å². The SMILES string of the molecule is O=C(CN1C(=O)NC(Cc2ccccc2)C1=O)NCCc1ccc(F)cc1. The molecule has 7 heteroatoms. The highest BCUT2D eigenvalue weighted by Gasteiger charge is 2.38. The normalized spacial score (nSPS) is 16.3. The number of hydrogen-bond acceptors (Lipinski definition) is 3. The standard InChI is InChI=1S/C20H20FN3O3/c21-16-8-6-14(7-9-16)10-11-22-18(25)13-24-19(26)17(23-20(24)27)12-15-4-2-1-3-5-15/h1-9,17H,10-13H2,(H,22,25)(H,23,27). The Morgan fingerprint density at radius 2 is 1.74 bits per heavy atom. The largest absolute Gasteiger partial charge is 0.354 e. The summed E-state index contributed by atoms with van der Waals surface area (Å²) in [6.07, 6.45) is 0.914. The molecule has 0 spiro atoms. The summed E-state index contributed by atoms with van der Waals surface area (Å²) in [5.41, 5.74) is 1.82. The fraction of sp³-hybridized carbons (Fsp3) is 0.250. The molecule has 1 atom stereocenters. The van der Waals surface area contributed by atoms with Crippen LogP contribution in [0, 0.1) is 5.82 Å². The van der Waals surface area contributed by atoms with Crippen molar-refractivity contribution in [1.82, 2.24) is 15.5 Å². The number of carbonyl (C=O) groups is 3. The molecule has 0 aromatic heterocycles. The van der Waals surface area contributed by atoms with Gasteiger partial charge in [-0.15, -0.1) is 0 Å². The van der Waals surface area contributed by atoms with Crippen molar-refractivity contribution in [2.24, 2.45) is 0 Å². The Morgan fingerprint density at radius 3 is 2.44 bits per heavy atom. The molecule has 27 heavy (non-hydrogen) atoms. The molecule has 0 radical (unpaired) electrons. The van der Waals surface area contributed by atoms with Gasteiger partial charge in [0.1, 0.15) is 18.4 Å². The summed E-state index contributed by atoms with van der Waals surface area (Å²) < 4.78 is 12.9. The van der Waals surface area contributed by atoms with Crippen LogP contribution in [0.5, 0.6) is 0 Å². The smallest absolute Gasteiger partial charge is 0.325 e. The van der Waals surface area contributed by atoms with Crippen LogP contribution < -0.4 is 10.6 Å². The van der Waals surface area contributed by atoms with Crippen LogP contribution in [0.4, 0.5) is 9.18 Å². The summed E-state index contributed by atoms with van der Waals surface area (Å²) in [5.74, 6) is -1.13. The molecule has 1 saturated heterocycles. The van der Waals surface area contributed by atoms with E-state index in [9.17, 15) is 18.8 Å². The molecule has 0 saturated carbocycles. The van der Waals surface area contributed by atoms with E-state index in [1.807, 2.05) is 30.3 Å². The molecule has 1 aliphatic heterocycles. The molecule has 3 rings (SSSR count). The number of nitrogens with zero attached hydrogens (tertiary/aromatic N) is 1. The van der Waals surface area contributed by atoms with E-state index in [0.717, 1.165) is 16.0 Å². The Hall–Kier alpha value is -3.22. The van der Waals surface area contributed by atoms with Gasteiger partial charge in [0, 0.05) is 13.0 Å². The van der Waals surface area contributed by atoms with Crippen molar-refractivity contribution >= 4 is 17.8 Å². The zero-order chi connectivity index (χ0) is 19.2. The lowest BCUT2D eigenvalue weighted by Gasteiger charge is -2.13. The Kier molecular flexibility index (Phi) is 5.80. The first-order valence-corrected chi connectivity index (χ1v) is 8.70. The van der Waals surface area contributed by atoms with E-state index in [-0.39, 0.29) is 12.4 Å². The van der Waals surface area contributed by atoms with Gasteiger partial charge >= 0.3 is 6.03 Å². The highest BCUT2D eigenvalue weighted by molar-refractivity contribution is 6.06. The van der Waals surface area contributed by atoms with Crippen LogP contribution in [0.1, 0.15) is 11.1 Å². The summed E-state index contributed by atoms with van der Waals surface area (Å²) in [6.45, 7) is 0.0148. The maximum atomic E-state index is 12.9. The van der Waals surface area contributed by atoms with Crippen molar-refractivity contribution in [2.45, 2.75) is 18.9 Å². The third kappa shape index (κ3) is 4.91. The number of benzene rings is 2. The topological polar surface area (TPSA) is 78.5 Å². The van der Waals surface area contributed by atoms with Gasteiger partial charge in [0.05, 0.1) is 0 Å². The van der Waals surface area contributed by atoms with Crippen LogP contribution in [-0.2, 0) is 22.4 Å². The second kappa shape index (κ2) is 8.44. The molecule has 0 aliphatic carbocycles. The zero-order valence-corrected chi connectivity index (χ0v) is 14.7. The Bertz CT molecular complexity index is 824. The van der Waals surface area contributed by atoms with E-state index in [2.05, 4.69) is 10.6 Å². The van der Waals surface area contributed by atoms with E-state index in [1.54, 1.807) is 12.1 Å². The molecular weight excluding hydrogens is 349 g/mol. The summed E-state index contributed by atoms with van der Waals surface area (Å²) in [4.78, 5) is 37.4. The van der Waals surface area contributed by atoms with Gasteiger partial charge < -0.3 is 10.6 Å². The molecule has 1 fully saturated rings. The predicted molar refractivity (Wildman–Crippen MR) is 97.3 cm³/mol. The second-order valence-electron chi connectivity index (χ2n) is 6.34. The van der Waals surface area contributed by atoms with Gasteiger partial charge in [-0.25, -0.2) is 9.18 Å². The van der Waals surface area contributed by atoms with Crippen molar-refractivity contribution in [3.8, 4) is 0 Å². The molecule has 1 heterocycles. The van der Waals surface area contributed by atoms with Gasteiger partial charge in [0.15, 0.2) is 0 Å². The minimum Gasteiger partial charge on any atom is -0.354 e. The number of imide groups is 1. The molecule has 4 amide bonds. The third-order valence-corrected chi connectivity index (χ3v) is 4.34. The summed E-state index contributed by atoms with van der Waals surface area (Å²) in [7, 11) is 0. The minimum atomic E-state index is -0.660. The van der Waals surface area contributed by atoms with Gasteiger partial charge in [-0.05, 0) is 29.7 Å². The number of urea groups is 1. The lowest BCUT2D eigenvalue weighted by molar-refractivity contribution is -0.132. The van der Waals surface area contributed by atoms with E-state index in [1.165, 1.54) is 12.1 Å². The highest BCUT2D eigenvalue weighted by Crippen LogP contribution is 2.12. The first-order chi connectivity index (χ1) is 13.0. The number of halogens is 1. The molecule has 2 aromatic carbocycles. The number of rotatable bonds is 7. The quantitative estimate of drug-likeness (QED) is 0.729. The first-order valence-electron chi connectivity index (χ1n) is 8.70. The van der Waals surface area contributed by atoms with Crippen LogP contribution >= 0.6 is 0 Å². The van der Waals surface area contributed by atoms with Crippen LogP contribution in [0.3, 0.4) is 0 Å². The van der Waals surface area contributed by atoms with Gasteiger partial charge in [-0.2, -0.15) is 0 Å². The number of amides is 4. The van der Waals surface area contributed by atoms with Crippen LogP contribution in [-0.4, -0.2) is 41.9 Å². The van der Waals surface area contributed by atoms with Crippen LogP contribution in [0.2, 0.25) is 0 Å². The second-order valence-corrected chi connectivity index (χ2v) is 6.34. The van der Waals surface area contributed by atoms with E-state index < -0.39 is 23.9 Å². The lowest BCUT2D eigenvalue weighted by atomic mass is 10.1.